The third kappa shape index (κ3) is 6.43. The Morgan fingerprint density at radius 1 is 1.10 bits per heavy atom. The lowest BCUT2D eigenvalue weighted by Gasteiger charge is -2.24. The van der Waals surface area contributed by atoms with Crippen LogP contribution in [-0.2, 0) is 15.8 Å². The Morgan fingerprint density at radius 2 is 1.81 bits per heavy atom. The number of carbonyl (C=O) groups is 2. The Labute approximate surface area is 245 Å². The van der Waals surface area contributed by atoms with Crippen molar-refractivity contribution in [3.8, 4) is 5.75 Å². The second-order valence-corrected chi connectivity index (χ2v) is 11.2. The fourth-order valence-electron chi connectivity index (χ4n) is 4.66. The number of alkyl halides is 3. The van der Waals surface area contributed by atoms with Crippen LogP contribution < -0.4 is 15.0 Å². The van der Waals surface area contributed by atoms with Crippen molar-refractivity contribution in [2.75, 3.05) is 31.4 Å². The van der Waals surface area contributed by atoms with Crippen LogP contribution in [0.5, 0.6) is 5.75 Å². The summed E-state index contributed by atoms with van der Waals surface area (Å²) >= 11 is 1.12. The van der Waals surface area contributed by atoms with Gasteiger partial charge < -0.3 is 15.0 Å². The summed E-state index contributed by atoms with van der Waals surface area (Å²) in [6.07, 6.45) is -4.23. The van der Waals surface area contributed by atoms with E-state index in [1.807, 2.05) is 67.5 Å². The van der Waals surface area contributed by atoms with E-state index in [4.69, 9.17) is 9.84 Å². The second kappa shape index (κ2) is 11.9. The first-order chi connectivity index (χ1) is 20.0. The van der Waals surface area contributed by atoms with Crippen molar-refractivity contribution in [2.45, 2.75) is 30.3 Å². The fourth-order valence-corrected chi connectivity index (χ4v) is 5.72. The molecule has 2 heterocycles. The first-order valence-electron chi connectivity index (χ1n) is 13.1. The predicted molar refractivity (Wildman–Crippen MR) is 158 cm³/mol. The number of aliphatic imine (C=N–C) groups is 1. The minimum absolute atomic E-state index is 0.000856. The molecular formula is C30H28F3N5O3S. The van der Waals surface area contributed by atoms with Crippen molar-refractivity contribution in [3.05, 3.63) is 89.5 Å². The number of carbonyl (C=O) groups excluding carboxylic acids is 2. The summed E-state index contributed by atoms with van der Waals surface area (Å²) in [4.78, 5) is 31.8. The summed E-state index contributed by atoms with van der Waals surface area (Å²) in [6, 6.07) is 19.7. The van der Waals surface area contributed by atoms with E-state index in [-0.39, 0.29) is 18.2 Å². The van der Waals surface area contributed by atoms with Crippen molar-refractivity contribution < 1.29 is 27.5 Å². The van der Waals surface area contributed by atoms with Crippen molar-refractivity contribution >= 4 is 45.8 Å². The molecule has 0 radical (unpaired) electrons. The lowest BCUT2D eigenvalue weighted by molar-refractivity contribution is -0.137. The number of nitrogens with zero attached hydrogens (tertiary/aromatic N) is 4. The number of hydrogen-bond acceptors (Lipinski definition) is 7. The van der Waals surface area contributed by atoms with Crippen LogP contribution in [0.1, 0.15) is 35.6 Å². The highest BCUT2D eigenvalue weighted by Gasteiger charge is 2.39. The zero-order valence-electron chi connectivity index (χ0n) is 23.1. The molecule has 2 aliphatic rings. The molecular weight excluding hydrogens is 567 g/mol. The average Bonchev–Trinajstić information content (AvgIpc) is 3.56. The van der Waals surface area contributed by atoms with E-state index in [0.29, 0.717) is 11.6 Å². The minimum Gasteiger partial charge on any atom is -0.497 e. The Balaban J connectivity index is 1.34. The number of anilines is 2. The standard InChI is InChI=1S/C30H28F3N5O3S/c1-37(2)22-11-7-19(8-12-22)25-16-24(18-9-13-23(41-3)14-10-18)36-38(25)29-35-28(40)26(42-29)17-27(39)34-21-6-4-5-20(15-21)30(31,32)33/h4-15,25-26H,16-17H2,1-3H3,(H,34,39). The monoisotopic (exact) mass is 595 g/mol. The maximum Gasteiger partial charge on any atom is 0.416 e. The van der Waals surface area contributed by atoms with E-state index < -0.39 is 28.8 Å². The topological polar surface area (TPSA) is 86.6 Å². The highest BCUT2D eigenvalue weighted by atomic mass is 32.2. The molecule has 0 spiro atoms. The fraction of sp³-hybridized carbons (Fsp3) is 0.267. The first-order valence-corrected chi connectivity index (χ1v) is 13.9. The van der Waals surface area contributed by atoms with E-state index in [2.05, 4.69) is 10.3 Å². The molecule has 0 saturated heterocycles. The molecule has 0 fully saturated rings. The van der Waals surface area contributed by atoms with E-state index in [9.17, 15) is 22.8 Å². The smallest absolute Gasteiger partial charge is 0.416 e. The number of hydrazone groups is 1. The molecule has 0 aliphatic carbocycles. The number of rotatable bonds is 7. The molecule has 42 heavy (non-hydrogen) atoms. The van der Waals surface area contributed by atoms with Gasteiger partial charge in [0.15, 0.2) is 5.17 Å². The number of amides is 2. The molecule has 3 aromatic carbocycles. The Kier molecular flexibility index (Phi) is 8.26. The van der Waals surface area contributed by atoms with Gasteiger partial charge in [0.05, 0.1) is 24.4 Å². The maximum atomic E-state index is 13.1. The summed E-state index contributed by atoms with van der Waals surface area (Å²) in [6.45, 7) is 0. The summed E-state index contributed by atoms with van der Waals surface area (Å²) < 4.78 is 44.4. The van der Waals surface area contributed by atoms with E-state index in [1.54, 1.807) is 12.1 Å². The minimum atomic E-state index is -4.54. The highest BCUT2D eigenvalue weighted by molar-refractivity contribution is 8.15. The van der Waals surface area contributed by atoms with Crippen molar-refractivity contribution in [2.24, 2.45) is 10.1 Å². The summed E-state index contributed by atoms with van der Waals surface area (Å²) in [7, 11) is 5.52. The van der Waals surface area contributed by atoms with Gasteiger partial charge in [0.25, 0.3) is 5.91 Å². The molecule has 218 valence electrons. The molecule has 3 aromatic rings. The molecule has 5 rings (SSSR count). The number of amidine groups is 1. The number of nitrogens with one attached hydrogen (secondary N) is 1. The van der Waals surface area contributed by atoms with Gasteiger partial charge in [-0.2, -0.15) is 23.3 Å². The summed E-state index contributed by atoms with van der Waals surface area (Å²) in [5.41, 5.74) is 2.85. The lowest BCUT2D eigenvalue weighted by atomic mass is 9.98. The van der Waals surface area contributed by atoms with Gasteiger partial charge in [0, 0.05) is 38.3 Å². The quantitative estimate of drug-likeness (QED) is 0.363. The van der Waals surface area contributed by atoms with Crippen LogP contribution in [0.3, 0.4) is 0 Å². The maximum absolute atomic E-state index is 13.1. The second-order valence-electron chi connectivity index (χ2n) is 10.00. The molecule has 12 heteroatoms. The largest absolute Gasteiger partial charge is 0.497 e. The van der Waals surface area contributed by atoms with E-state index in [1.165, 1.54) is 12.1 Å². The van der Waals surface area contributed by atoms with Gasteiger partial charge in [-0.15, -0.1) is 0 Å². The molecule has 2 aliphatic heterocycles. The van der Waals surface area contributed by atoms with Gasteiger partial charge in [-0.3, -0.25) is 9.59 Å². The number of hydrogen-bond donors (Lipinski definition) is 1. The molecule has 0 aromatic heterocycles. The molecule has 1 N–H and O–H groups in total. The van der Waals surface area contributed by atoms with Gasteiger partial charge in [0.1, 0.15) is 11.0 Å². The van der Waals surface area contributed by atoms with Gasteiger partial charge in [-0.05, 0) is 65.7 Å². The van der Waals surface area contributed by atoms with Crippen LogP contribution in [0.4, 0.5) is 24.5 Å². The Morgan fingerprint density at radius 3 is 2.45 bits per heavy atom. The molecule has 2 amide bonds. The summed E-state index contributed by atoms with van der Waals surface area (Å²) in [5, 5.41) is 8.56. The van der Waals surface area contributed by atoms with Crippen LogP contribution in [-0.4, -0.2) is 54.2 Å². The first kappa shape index (κ1) is 29.2. The van der Waals surface area contributed by atoms with Crippen LogP contribution in [0.25, 0.3) is 0 Å². The third-order valence-electron chi connectivity index (χ3n) is 6.90. The van der Waals surface area contributed by atoms with Crippen molar-refractivity contribution in [1.29, 1.82) is 0 Å². The lowest BCUT2D eigenvalue weighted by Crippen LogP contribution is -2.25. The molecule has 8 nitrogen and oxygen atoms in total. The van der Waals surface area contributed by atoms with Crippen molar-refractivity contribution in [1.82, 2.24) is 5.01 Å². The van der Waals surface area contributed by atoms with Crippen LogP contribution >= 0.6 is 11.8 Å². The number of ether oxygens (including phenoxy) is 1. The highest BCUT2D eigenvalue weighted by Crippen LogP contribution is 2.39. The van der Waals surface area contributed by atoms with Crippen LogP contribution in [0.15, 0.2) is 82.9 Å². The van der Waals surface area contributed by atoms with Gasteiger partial charge in [-0.1, -0.05) is 30.0 Å². The van der Waals surface area contributed by atoms with E-state index >= 15 is 0 Å². The molecule has 0 bridgehead atoms. The SMILES string of the molecule is COc1ccc(C2=NN(C3=NC(=O)C(CC(=O)Nc4cccc(C(F)(F)F)c4)S3)C(c3ccc(N(C)C)cc3)C2)cc1. The van der Waals surface area contributed by atoms with Crippen molar-refractivity contribution in [3.63, 3.8) is 0 Å². The van der Waals surface area contributed by atoms with Gasteiger partial charge >= 0.3 is 6.18 Å². The van der Waals surface area contributed by atoms with E-state index in [0.717, 1.165) is 52.2 Å². The summed E-state index contributed by atoms with van der Waals surface area (Å²) in [5.74, 6) is -0.363. The molecule has 2 unspecified atom stereocenters. The number of thioether (sulfide) groups is 1. The Bertz CT molecular complexity index is 1540. The number of halogens is 3. The van der Waals surface area contributed by atoms with Gasteiger partial charge in [0.2, 0.25) is 5.91 Å². The van der Waals surface area contributed by atoms with Crippen LogP contribution in [0, 0.1) is 0 Å². The molecule has 0 saturated carbocycles. The van der Waals surface area contributed by atoms with Gasteiger partial charge in [-0.25, -0.2) is 5.01 Å². The predicted octanol–water partition coefficient (Wildman–Crippen LogP) is 5.96. The zero-order chi connectivity index (χ0) is 30.0. The average molecular weight is 596 g/mol. The Hall–Kier alpha value is -4.32. The third-order valence-corrected chi connectivity index (χ3v) is 8.04. The number of benzene rings is 3. The molecule has 2 atom stereocenters. The zero-order valence-corrected chi connectivity index (χ0v) is 23.9. The number of methoxy groups -OCH3 is 1. The normalized spacial score (nSPS) is 18.5. The van der Waals surface area contributed by atoms with Crippen LogP contribution in [0.2, 0.25) is 0 Å².